The lowest BCUT2D eigenvalue weighted by molar-refractivity contribution is 0.459. The van der Waals surface area contributed by atoms with E-state index >= 15 is 0 Å². The minimum Gasteiger partial charge on any atom is -0.307 e. The molecule has 2 fully saturated rings. The fourth-order valence-corrected chi connectivity index (χ4v) is 3.71. The third-order valence-electron chi connectivity index (χ3n) is 4.60. The van der Waals surface area contributed by atoms with Gasteiger partial charge in [0.05, 0.1) is 11.7 Å². The van der Waals surface area contributed by atoms with Crippen molar-refractivity contribution in [3.05, 3.63) is 17.5 Å². The van der Waals surface area contributed by atoms with Crippen LogP contribution in [0.15, 0.2) is 6.20 Å². The van der Waals surface area contributed by atoms with E-state index in [-0.39, 0.29) is 0 Å². The predicted molar refractivity (Wildman–Crippen MR) is 62.3 cm³/mol. The molecule has 1 saturated heterocycles. The third-order valence-corrected chi connectivity index (χ3v) is 4.60. The molecular weight excluding hydrogens is 198 g/mol. The molecule has 1 saturated carbocycles. The average Bonchev–Trinajstić information content (AvgIpc) is 2.98. The lowest BCUT2D eigenvalue weighted by Crippen LogP contribution is -2.31. The molecular formula is C13H19N3. The summed E-state index contributed by atoms with van der Waals surface area (Å²) in [6.45, 7) is 0. The molecule has 0 amide bonds. The van der Waals surface area contributed by atoms with E-state index in [0.29, 0.717) is 18.1 Å². The highest BCUT2D eigenvalue weighted by Crippen LogP contribution is 2.37. The summed E-state index contributed by atoms with van der Waals surface area (Å²) in [4.78, 5) is 0. The monoisotopic (exact) mass is 217 g/mol. The summed E-state index contributed by atoms with van der Waals surface area (Å²) in [5, 5.41) is 8.55. The normalized spacial score (nSPS) is 33.2. The van der Waals surface area contributed by atoms with E-state index in [2.05, 4.69) is 16.2 Å². The van der Waals surface area contributed by atoms with Gasteiger partial charge in [-0.15, -0.1) is 0 Å². The molecule has 0 radical (unpaired) electrons. The summed E-state index contributed by atoms with van der Waals surface area (Å²) in [6.07, 6.45) is 11.6. The van der Waals surface area contributed by atoms with E-state index < -0.39 is 0 Å². The van der Waals surface area contributed by atoms with E-state index in [1.54, 1.807) is 0 Å². The zero-order valence-electron chi connectivity index (χ0n) is 9.65. The molecule has 3 nitrogen and oxygen atoms in total. The second kappa shape index (κ2) is 3.33. The summed E-state index contributed by atoms with van der Waals surface area (Å²) in [5.74, 6) is 0. The van der Waals surface area contributed by atoms with Crippen molar-refractivity contribution < 1.29 is 0 Å². The Morgan fingerprint density at radius 1 is 1.19 bits per heavy atom. The first-order chi connectivity index (χ1) is 7.90. The Hall–Kier alpha value is -0.830. The molecule has 86 valence electrons. The van der Waals surface area contributed by atoms with Gasteiger partial charge in [0.25, 0.3) is 0 Å². The zero-order valence-corrected chi connectivity index (χ0v) is 9.65. The van der Waals surface area contributed by atoms with Gasteiger partial charge in [-0.1, -0.05) is 12.8 Å². The van der Waals surface area contributed by atoms with Crippen LogP contribution in [0, 0.1) is 0 Å². The average molecular weight is 217 g/mol. The molecule has 2 bridgehead atoms. The fourth-order valence-electron chi connectivity index (χ4n) is 3.71. The van der Waals surface area contributed by atoms with Crippen LogP contribution >= 0.6 is 0 Å². The van der Waals surface area contributed by atoms with Crippen molar-refractivity contribution >= 4 is 0 Å². The first kappa shape index (κ1) is 9.23. The van der Waals surface area contributed by atoms with Crippen LogP contribution in [0.5, 0.6) is 0 Å². The number of hydrogen-bond acceptors (Lipinski definition) is 2. The Morgan fingerprint density at radius 3 is 2.94 bits per heavy atom. The van der Waals surface area contributed by atoms with Crippen LogP contribution in [-0.2, 0) is 6.42 Å². The van der Waals surface area contributed by atoms with Crippen molar-refractivity contribution in [3.63, 3.8) is 0 Å². The van der Waals surface area contributed by atoms with Crippen molar-refractivity contribution in [2.75, 3.05) is 0 Å². The quantitative estimate of drug-likeness (QED) is 0.782. The summed E-state index contributed by atoms with van der Waals surface area (Å²) in [6, 6.07) is 2.03. The Labute approximate surface area is 96.2 Å². The van der Waals surface area contributed by atoms with Crippen LogP contribution in [0.2, 0.25) is 0 Å². The van der Waals surface area contributed by atoms with E-state index in [0.717, 1.165) is 6.42 Å². The highest BCUT2D eigenvalue weighted by Gasteiger charge is 2.34. The van der Waals surface area contributed by atoms with E-state index in [4.69, 9.17) is 5.10 Å². The third kappa shape index (κ3) is 1.27. The number of fused-ring (bicyclic) bond motifs is 4. The molecule has 0 spiro atoms. The Balaban J connectivity index is 1.69. The molecule has 3 heterocycles. The lowest BCUT2D eigenvalue weighted by Gasteiger charge is -2.19. The second-order valence-corrected chi connectivity index (χ2v) is 5.65. The summed E-state index contributed by atoms with van der Waals surface area (Å²) < 4.78 is 2.28. The Bertz CT molecular complexity index is 403. The van der Waals surface area contributed by atoms with Crippen molar-refractivity contribution in [1.29, 1.82) is 0 Å². The Kier molecular flexibility index (Phi) is 1.92. The largest absolute Gasteiger partial charge is 0.307 e. The molecule has 1 N–H and O–H groups in total. The summed E-state index contributed by atoms with van der Waals surface area (Å²) >= 11 is 0. The van der Waals surface area contributed by atoms with Crippen molar-refractivity contribution in [1.82, 2.24) is 15.1 Å². The number of nitrogens with one attached hydrogen (secondary N) is 1. The van der Waals surface area contributed by atoms with Gasteiger partial charge < -0.3 is 5.32 Å². The van der Waals surface area contributed by atoms with Gasteiger partial charge in [0.1, 0.15) is 0 Å². The van der Waals surface area contributed by atoms with Crippen LogP contribution in [-0.4, -0.2) is 15.8 Å². The molecule has 0 unspecified atom stereocenters. The molecule has 1 aromatic rings. The first-order valence-corrected chi connectivity index (χ1v) is 6.74. The zero-order chi connectivity index (χ0) is 10.5. The summed E-state index contributed by atoms with van der Waals surface area (Å²) in [5.41, 5.74) is 2.89. The number of hydrogen-bond donors (Lipinski definition) is 1. The van der Waals surface area contributed by atoms with E-state index in [1.807, 2.05) is 0 Å². The fraction of sp³-hybridized carbons (Fsp3) is 0.769. The minimum absolute atomic E-state index is 0.615. The van der Waals surface area contributed by atoms with Gasteiger partial charge >= 0.3 is 0 Å². The van der Waals surface area contributed by atoms with Crippen molar-refractivity contribution in [2.45, 2.75) is 63.1 Å². The lowest BCUT2D eigenvalue weighted by atomic mass is 10.0. The standard InChI is InChI=1S/C13H19N3/c1-2-4-10(3-1)16-8-11-12-6-5-9(14-12)7-13(11)15-16/h8-10,12,14H,1-7H2/t9-,12-/m1/s1. The van der Waals surface area contributed by atoms with Crippen LogP contribution in [0.1, 0.15) is 61.9 Å². The van der Waals surface area contributed by atoms with Crippen LogP contribution in [0.3, 0.4) is 0 Å². The van der Waals surface area contributed by atoms with Gasteiger partial charge in [0.15, 0.2) is 0 Å². The SMILES string of the molecule is c1c2c(nn1C1CCCC1)C[C@H]1CC[C@H]2N1. The Morgan fingerprint density at radius 2 is 2.06 bits per heavy atom. The molecule has 3 heteroatoms. The molecule has 1 aliphatic carbocycles. The van der Waals surface area contributed by atoms with Gasteiger partial charge in [-0.2, -0.15) is 5.10 Å². The van der Waals surface area contributed by atoms with Crippen LogP contribution < -0.4 is 5.32 Å². The maximum Gasteiger partial charge on any atom is 0.0688 e. The highest BCUT2D eigenvalue weighted by molar-refractivity contribution is 5.28. The predicted octanol–water partition coefficient (Wildman–Crippen LogP) is 2.35. The summed E-state index contributed by atoms with van der Waals surface area (Å²) in [7, 11) is 0. The molecule has 2 aliphatic heterocycles. The van der Waals surface area contributed by atoms with Crippen LogP contribution in [0.4, 0.5) is 0 Å². The van der Waals surface area contributed by atoms with Crippen LogP contribution in [0.25, 0.3) is 0 Å². The molecule has 0 aromatic carbocycles. The molecule has 4 rings (SSSR count). The van der Waals surface area contributed by atoms with Gasteiger partial charge in [-0.3, -0.25) is 4.68 Å². The van der Waals surface area contributed by atoms with E-state index in [1.165, 1.54) is 49.8 Å². The topological polar surface area (TPSA) is 29.9 Å². The smallest absolute Gasteiger partial charge is 0.0688 e. The van der Waals surface area contributed by atoms with Crippen molar-refractivity contribution in [3.8, 4) is 0 Å². The molecule has 1 aromatic heterocycles. The van der Waals surface area contributed by atoms with Gasteiger partial charge in [0, 0.05) is 30.3 Å². The highest BCUT2D eigenvalue weighted by atomic mass is 15.3. The number of nitrogens with zero attached hydrogens (tertiary/aromatic N) is 2. The number of aromatic nitrogens is 2. The second-order valence-electron chi connectivity index (χ2n) is 5.65. The molecule has 16 heavy (non-hydrogen) atoms. The first-order valence-electron chi connectivity index (χ1n) is 6.74. The maximum absolute atomic E-state index is 4.85. The van der Waals surface area contributed by atoms with E-state index in [9.17, 15) is 0 Å². The number of rotatable bonds is 1. The molecule has 3 aliphatic rings. The van der Waals surface area contributed by atoms with Gasteiger partial charge in [0.2, 0.25) is 0 Å². The molecule has 2 atom stereocenters. The van der Waals surface area contributed by atoms with Gasteiger partial charge in [-0.25, -0.2) is 0 Å². The maximum atomic E-state index is 4.85. The van der Waals surface area contributed by atoms with Gasteiger partial charge in [-0.05, 0) is 25.7 Å². The van der Waals surface area contributed by atoms with Crippen molar-refractivity contribution in [2.24, 2.45) is 0 Å². The minimum atomic E-state index is 0.615.